The Morgan fingerprint density at radius 1 is 1.03 bits per heavy atom. The van der Waals surface area contributed by atoms with Crippen molar-refractivity contribution in [3.05, 3.63) is 58.6 Å². The van der Waals surface area contributed by atoms with Crippen LogP contribution in [0.3, 0.4) is 0 Å². The highest BCUT2D eigenvalue weighted by Crippen LogP contribution is 2.52. The third kappa shape index (κ3) is 3.56. The van der Waals surface area contributed by atoms with E-state index in [2.05, 4.69) is 19.2 Å². The number of piperidine rings is 1. The summed E-state index contributed by atoms with van der Waals surface area (Å²) in [5, 5.41) is 4.32. The number of rotatable bonds is 2. The lowest BCUT2D eigenvalue weighted by Gasteiger charge is -2.54. The second-order valence-corrected chi connectivity index (χ2v) is 13.5. The molecular formula is C26H31ClN2O5S. The zero-order chi connectivity index (χ0) is 24.9. The molecule has 3 fully saturated rings. The summed E-state index contributed by atoms with van der Waals surface area (Å²) in [5.74, 6) is -0.916. The van der Waals surface area contributed by atoms with E-state index in [1.807, 2.05) is 51.1 Å². The Morgan fingerprint density at radius 2 is 1.74 bits per heavy atom. The SMILES string of the molecule is Cc1ccc(S(=O)(=O)N2C[C@@H]3[C@H](Nc4ccc(Cl)cc4C3(C)C)[C@H]3O[C@@H]4OC(C)(C)O[C@@H]4[C@@H]32)cc1. The molecule has 0 spiro atoms. The Labute approximate surface area is 211 Å². The van der Waals surface area contributed by atoms with Gasteiger partial charge in [-0.1, -0.05) is 43.1 Å². The Morgan fingerprint density at radius 3 is 2.46 bits per heavy atom. The monoisotopic (exact) mass is 518 g/mol. The van der Waals surface area contributed by atoms with Crippen LogP contribution in [0.15, 0.2) is 47.4 Å². The smallest absolute Gasteiger partial charge is 0.243 e. The van der Waals surface area contributed by atoms with Crippen molar-refractivity contribution in [2.75, 3.05) is 11.9 Å². The van der Waals surface area contributed by atoms with Crippen LogP contribution in [0.2, 0.25) is 5.02 Å². The van der Waals surface area contributed by atoms with Gasteiger partial charge in [0.1, 0.15) is 12.2 Å². The van der Waals surface area contributed by atoms with Gasteiger partial charge in [-0.05, 0) is 62.1 Å². The van der Waals surface area contributed by atoms with Gasteiger partial charge in [-0.15, -0.1) is 0 Å². The van der Waals surface area contributed by atoms with E-state index in [9.17, 15) is 8.42 Å². The Bertz CT molecular complexity index is 1280. The first-order chi connectivity index (χ1) is 16.4. The molecule has 1 N–H and O–H groups in total. The molecule has 188 valence electrons. The summed E-state index contributed by atoms with van der Waals surface area (Å²) in [6.45, 7) is 10.2. The number of ether oxygens (including phenoxy) is 3. The minimum Gasteiger partial charge on any atom is -0.379 e. The minimum absolute atomic E-state index is 0.0678. The van der Waals surface area contributed by atoms with Crippen molar-refractivity contribution in [1.82, 2.24) is 4.31 Å². The topological polar surface area (TPSA) is 77.1 Å². The van der Waals surface area contributed by atoms with Crippen LogP contribution in [0.4, 0.5) is 5.69 Å². The van der Waals surface area contributed by atoms with E-state index < -0.39 is 40.4 Å². The molecule has 0 saturated carbocycles. The molecule has 0 aromatic heterocycles. The standard InChI is InChI=1S/C26H31ClN2O5S/c1-14-6-9-16(10-7-14)35(30,31)29-13-18-20(22-21(29)23-24(32-22)34-26(4,5)33-23)28-19-11-8-15(27)12-17(19)25(18,2)3/h6-12,18,20-24,28H,13H2,1-5H3/t18-,20+,21-,22-,23-,24-/m1/s1. The highest BCUT2D eigenvalue weighted by Gasteiger charge is 2.65. The van der Waals surface area contributed by atoms with Gasteiger partial charge >= 0.3 is 0 Å². The summed E-state index contributed by atoms with van der Waals surface area (Å²) in [6, 6.07) is 12.2. The largest absolute Gasteiger partial charge is 0.379 e. The Balaban J connectivity index is 1.47. The zero-order valence-corrected chi connectivity index (χ0v) is 22.1. The molecule has 3 saturated heterocycles. The molecule has 4 aliphatic heterocycles. The van der Waals surface area contributed by atoms with Crippen molar-refractivity contribution < 1.29 is 22.6 Å². The van der Waals surface area contributed by atoms with Crippen LogP contribution in [-0.4, -0.2) is 55.6 Å². The number of aryl methyl sites for hydroxylation is 1. The summed E-state index contributed by atoms with van der Waals surface area (Å²) >= 11 is 6.36. The number of hydrogen-bond acceptors (Lipinski definition) is 6. The number of anilines is 1. The fraction of sp³-hybridized carbons (Fsp3) is 0.538. The number of hydrogen-bond donors (Lipinski definition) is 1. The third-order valence-corrected chi connectivity index (χ3v) is 10.2. The summed E-state index contributed by atoms with van der Waals surface area (Å²) < 4.78 is 48.6. The molecule has 4 heterocycles. The first kappa shape index (κ1) is 23.7. The predicted octanol–water partition coefficient (Wildman–Crippen LogP) is 4.29. The van der Waals surface area contributed by atoms with E-state index in [1.54, 1.807) is 16.4 Å². The molecule has 6 atom stereocenters. The fourth-order valence-corrected chi connectivity index (χ4v) is 8.16. The van der Waals surface area contributed by atoms with Crippen LogP contribution >= 0.6 is 11.6 Å². The van der Waals surface area contributed by atoms with Crippen LogP contribution in [0.25, 0.3) is 0 Å². The van der Waals surface area contributed by atoms with Gasteiger partial charge in [-0.25, -0.2) is 8.42 Å². The lowest BCUT2D eigenvalue weighted by atomic mass is 9.64. The van der Waals surface area contributed by atoms with Crippen molar-refractivity contribution >= 4 is 27.3 Å². The summed E-state index contributed by atoms with van der Waals surface area (Å²) in [4.78, 5) is 0.270. The van der Waals surface area contributed by atoms with Gasteiger partial charge in [0.05, 0.1) is 17.0 Å². The predicted molar refractivity (Wildman–Crippen MR) is 133 cm³/mol. The maximum Gasteiger partial charge on any atom is 0.243 e. The highest BCUT2D eigenvalue weighted by atomic mass is 35.5. The van der Waals surface area contributed by atoms with Gasteiger partial charge in [0.25, 0.3) is 0 Å². The first-order valence-electron chi connectivity index (χ1n) is 12.0. The molecule has 0 amide bonds. The quantitative estimate of drug-likeness (QED) is 0.639. The van der Waals surface area contributed by atoms with Crippen LogP contribution < -0.4 is 5.32 Å². The summed E-state index contributed by atoms with van der Waals surface area (Å²) in [5.41, 5.74) is 2.72. The van der Waals surface area contributed by atoms with Crippen molar-refractivity contribution in [3.8, 4) is 0 Å². The average molecular weight is 519 g/mol. The molecule has 0 aliphatic carbocycles. The van der Waals surface area contributed by atoms with Gasteiger partial charge in [-0.2, -0.15) is 4.31 Å². The number of nitrogens with zero attached hydrogens (tertiary/aromatic N) is 1. The first-order valence-corrected chi connectivity index (χ1v) is 13.9. The lowest BCUT2D eigenvalue weighted by molar-refractivity contribution is -0.216. The molecule has 2 aromatic rings. The molecule has 4 aliphatic rings. The minimum atomic E-state index is -3.83. The van der Waals surface area contributed by atoms with E-state index in [4.69, 9.17) is 25.8 Å². The number of benzene rings is 2. The average Bonchev–Trinajstić information content (AvgIpc) is 3.26. The van der Waals surface area contributed by atoms with E-state index in [1.165, 1.54) is 0 Å². The van der Waals surface area contributed by atoms with Gasteiger partial charge in [0.2, 0.25) is 10.0 Å². The molecule has 2 aromatic carbocycles. The van der Waals surface area contributed by atoms with Gasteiger partial charge in [-0.3, -0.25) is 0 Å². The molecule has 0 radical (unpaired) electrons. The van der Waals surface area contributed by atoms with E-state index >= 15 is 0 Å². The van der Waals surface area contributed by atoms with Crippen molar-refractivity contribution in [2.24, 2.45) is 5.92 Å². The van der Waals surface area contributed by atoms with Crippen molar-refractivity contribution in [2.45, 2.75) is 81.3 Å². The van der Waals surface area contributed by atoms with E-state index in [0.717, 1.165) is 16.8 Å². The maximum absolute atomic E-state index is 14.1. The van der Waals surface area contributed by atoms with Crippen LogP contribution in [-0.2, 0) is 29.6 Å². The van der Waals surface area contributed by atoms with Crippen LogP contribution in [0.1, 0.15) is 38.8 Å². The number of halogens is 1. The molecule has 6 rings (SSSR count). The second kappa shape index (κ2) is 7.66. The van der Waals surface area contributed by atoms with Gasteiger partial charge in [0.15, 0.2) is 12.1 Å². The van der Waals surface area contributed by atoms with E-state index in [0.29, 0.717) is 11.6 Å². The van der Waals surface area contributed by atoms with Gasteiger partial charge < -0.3 is 19.5 Å². The molecule has 9 heteroatoms. The summed E-state index contributed by atoms with van der Waals surface area (Å²) in [6.07, 6.45) is -1.60. The fourth-order valence-electron chi connectivity index (χ4n) is 6.32. The molecular weight excluding hydrogens is 488 g/mol. The maximum atomic E-state index is 14.1. The molecule has 0 bridgehead atoms. The van der Waals surface area contributed by atoms with Crippen molar-refractivity contribution in [1.29, 1.82) is 0 Å². The molecule has 0 unspecified atom stereocenters. The zero-order valence-electron chi connectivity index (χ0n) is 20.5. The van der Waals surface area contributed by atoms with Gasteiger partial charge in [0, 0.05) is 23.2 Å². The Kier molecular flexibility index (Phi) is 5.19. The Hall–Kier alpha value is -1.68. The molecule has 35 heavy (non-hydrogen) atoms. The molecule has 7 nitrogen and oxygen atoms in total. The highest BCUT2D eigenvalue weighted by molar-refractivity contribution is 7.89. The van der Waals surface area contributed by atoms with E-state index in [-0.39, 0.29) is 22.3 Å². The number of sulfonamides is 1. The lowest BCUT2D eigenvalue weighted by Crippen LogP contribution is -2.67. The number of nitrogens with one attached hydrogen (secondary N) is 1. The summed E-state index contributed by atoms with van der Waals surface area (Å²) in [7, 11) is -3.83. The normalized spacial score (nSPS) is 34.9. The number of fused-ring (bicyclic) bond motifs is 6. The van der Waals surface area contributed by atoms with Crippen LogP contribution in [0, 0.1) is 12.8 Å². The third-order valence-electron chi connectivity index (χ3n) is 8.10. The van der Waals surface area contributed by atoms with Crippen molar-refractivity contribution in [3.63, 3.8) is 0 Å². The second-order valence-electron chi connectivity index (χ2n) is 11.1. The van der Waals surface area contributed by atoms with Crippen LogP contribution in [0.5, 0.6) is 0 Å².